The second kappa shape index (κ2) is 7.82. The van der Waals surface area contributed by atoms with Crippen LogP contribution < -0.4 is 10.1 Å². The maximum absolute atomic E-state index is 12.0. The fourth-order valence-corrected chi connectivity index (χ4v) is 1.87. The molecule has 0 fully saturated rings. The highest BCUT2D eigenvalue weighted by atomic mass is 16.5. The molecule has 19 heavy (non-hydrogen) atoms. The molecule has 1 aromatic carbocycles. The molecule has 1 N–H and O–H groups in total. The molecule has 0 heterocycles. The van der Waals surface area contributed by atoms with Crippen molar-refractivity contribution in [3.8, 4) is 5.75 Å². The van der Waals surface area contributed by atoms with Crippen LogP contribution >= 0.6 is 0 Å². The summed E-state index contributed by atoms with van der Waals surface area (Å²) in [5.74, 6) is 0.692. The Kier molecular flexibility index (Phi) is 6.40. The van der Waals surface area contributed by atoms with E-state index in [9.17, 15) is 4.79 Å². The van der Waals surface area contributed by atoms with Crippen molar-refractivity contribution in [2.45, 2.75) is 59.1 Å². The third-order valence-corrected chi connectivity index (χ3v) is 3.35. The summed E-state index contributed by atoms with van der Waals surface area (Å²) in [5.41, 5.74) is 1.27. The number of carbonyl (C=O) groups excluding carboxylic acids is 1. The van der Waals surface area contributed by atoms with Gasteiger partial charge in [0.25, 0.3) is 5.91 Å². The Bertz CT molecular complexity index is 382. The Balaban J connectivity index is 2.53. The SMILES string of the molecule is CCc1ccc(OC(C)C(=O)NC(CC)CC)cc1. The molecule has 1 amide bonds. The van der Waals surface area contributed by atoms with E-state index in [1.54, 1.807) is 6.92 Å². The largest absolute Gasteiger partial charge is 0.481 e. The van der Waals surface area contributed by atoms with Crippen LogP contribution in [0.25, 0.3) is 0 Å². The fraction of sp³-hybridized carbons (Fsp3) is 0.562. The summed E-state index contributed by atoms with van der Waals surface area (Å²) in [6, 6.07) is 8.13. The van der Waals surface area contributed by atoms with Gasteiger partial charge in [-0.3, -0.25) is 4.79 Å². The molecule has 0 aliphatic rings. The van der Waals surface area contributed by atoms with Gasteiger partial charge in [-0.1, -0.05) is 32.9 Å². The molecule has 0 aromatic heterocycles. The predicted octanol–water partition coefficient (Wildman–Crippen LogP) is 3.32. The standard InChI is InChI=1S/C16H25NO2/c1-5-13-8-10-15(11-9-13)19-12(4)16(18)17-14(6-2)7-3/h8-12,14H,5-7H2,1-4H3,(H,17,18). The van der Waals surface area contributed by atoms with Crippen molar-refractivity contribution in [3.05, 3.63) is 29.8 Å². The summed E-state index contributed by atoms with van der Waals surface area (Å²) in [6.45, 7) is 8.04. The van der Waals surface area contributed by atoms with Crippen LogP contribution in [0, 0.1) is 0 Å². The molecule has 0 bridgehead atoms. The summed E-state index contributed by atoms with van der Waals surface area (Å²) in [7, 11) is 0. The van der Waals surface area contributed by atoms with Gasteiger partial charge in [-0.05, 0) is 43.9 Å². The molecule has 106 valence electrons. The van der Waals surface area contributed by atoms with Gasteiger partial charge in [0.05, 0.1) is 0 Å². The van der Waals surface area contributed by atoms with E-state index in [4.69, 9.17) is 4.74 Å². The van der Waals surface area contributed by atoms with Crippen molar-refractivity contribution in [2.24, 2.45) is 0 Å². The lowest BCUT2D eigenvalue weighted by molar-refractivity contribution is -0.128. The topological polar surface area (TPSA) is 38.3 Å². The Hall–Kier alpha value is -1.51. The summed E-state index contributed by atoms with van der Waals surface area (Å²) < 4.78 is 5.65. The second-order valence-electron chi connectivity index (χ2n) is 4.78. The van der Waals surface area contributed by atoms with E-state index < -0.39 is 6.10 Å². The third kappa shape index (κ3) is 4.93. The van der Waals surface area contributed by atoms with Crippen LogP contribution in [-0.2, 0) is 11.2 Å². The smallest absolute Gasteiger partial charge is 0.260 e. The normalized spacial score (nSPS) is 12.3. The summed E-state index contributed by atoms with van der Waals surface area (Å²) in [5, 5.41) is 2.99. The zero-order valence-corrected chi connectivity index (χ0v) is 12.4. The molecule has 0 spiro atoms. The average Bonchev–Trinajstić information content (AvgIpc) is 2.45. The zero-order chi connectivity index (χ0) is 14.3. The molecular weight excluding hydrogens is 238 g/mol. The summed E-state index contributed by atoms with van der Waals surface area (Å²) >= 11 is 0. The lowest BCUT2D eigenvalue weighted by Crippen LogP contribution is -2.42. The van der Waals surface area contributed by atoms with Gasteiger partial charge in [-0.25, -0.2) is 0 Å². The molecule has 3 nitrogen and oxygen atoms in total. The first-order valence-corrected chi connectivity index (χ1v) is 7.16. The number of aryl methyl sites for hydroxylation is 1. The number of nitrogens with one attached hydrogen (secondary N) is 1. The van der Waals surface area contributed by atoms with Gasteiger partial charge in [-0.15, -0.1) is 0 Å². The molecule has 3 heteroatoms. The van der Waals surface area contributed by atoms with Crippen LogP contribution in [-0.4, -0.2) is 18.1 Å². The highest BCUT2D eigenvalue weighted by Crippen LogP contribution is 2.14. The lowest BCUT2D eigenvalue weighted by atomic mass is 10.1. The number of benzene rings is 1. The first-order chi connectivity index (χ1) is 9.10. The Morgan fingerprint density at radius 1 is 1.16 bits per heavy atom. The number of amides is 1. The molecule has 0 radical (unpaired) electrons. The molecule has 1 atom stereocenters. The van der Waals surface area contributed by atoms with Crippen molar-refractivity contribution in [3.63, 3.8) is 0 Å². The molecule has 1 unspecified atom stereocenters. The fourth-order valence-electron chi connectivity index (χ4n) is 1.87. The lowest BCUT2D eigenvalue weighted by Gasteiger charge is -2.19. The predicted molar refractivity (Wildman–Crippen MR) is 78.4 cm³/mol. The molecule has 0 aliphatic heterocycles. The molecule has 1 rings (SSSR count). The van der Waals surface area contributed by atoms with E-state index >= 15 is 0 Å². The van der Waals surface area contributed by atoms with Crippen LogP contribution in [0.3, 0.4) is 0 Å². The maximum Gasteiger partial charge on any atom is 0.260 e. The monoisotopic (exact) mass is 263 g/mol. The van der Waals surface area contributed by atoms with Crippen LogP contribution in [0.4, 0.5) is 0 Å². The van der Waals surface area contributed by atoms with Crippen LogP contribution in [0.15, 0.2) is 24.3 Å². The van der Waals surface area contributed by atoms with Crippen LogP contribution in [0.2, 0.25) is 0 Å². The van der Waals surface area contributed by atoms with Gasteiger partial charge in [0.15, 0.2) is 6.10 Å². The van der Waals surface area contributed by atoms with Crippen LogP contribution in [0.1, 0.15) is 46.1 Å². The first-order valence-electron chi connectivity index (χ1n) is 7.16. The number of hydrogen-bond acceptors (Lipinski definition) is 2. The van der Waals surface area contributed by atoms with E-state index in [1.807, 2.05) is 24.3 Å². The Morgan fingerprint density at radius 2 is 1.74 bits per heavy atom. The van der Waals surface area contributed by atoms with E-state index in [1.165, 1.54) is 5.56 Å². The zero-order valence-electron chi connectivity index (χ0n) is 12.4. The molecule has 0 saturated carbocycles. The minimum Gasteiger partial charge on any atom is -0.481 e. The van der Waals surface area contributed by atoms with Crippen molar-refractivity contribution in [1.82, 2.24) is 5.32 Å². The minimum atomic E-state index is -0.465. The summed E-state index contributed by atoms with van der Waals surface area (Å²) in [4.78, 5) is 12.0. The van der Waals surface area contributed by atoms with Crippen molar-refractivity contribution >= 4 is 5.91 Å². The highest BCUT2D eigenvalue weighted by molar-refractivity contribution is 5.81. The Labute approximate surface area is 116 Å². The molecule has 0 aliphatic carbocycles. The van der Waals surface area contributed by atoms with Gasteiger partial charge in [0.2, 0.25) is 0 Å². The second-order valence-corrected chi connectivity index (χ2v) is 4.78. The number of carbonyl (C=O) groups is 1. The van der Waals surface area contributed by atoms with E-state index in [2.05, 4.69) is 26.1 Å². The molecule has 1 aromatic rings. The molecular formula is C16H25NO2. The number of ether oxygens (including phenoxy) is 1. The van der Waals surface area contributed by atoms with Crippen molar-refractivity contribution in [1.29, 1.82) is 0 Å². The minimum absolute atomic E-state index is 0.0479. The van der Waals surface area contributed by atoms with Gasteiger partial charge in [0, 0.05) is 6.04 Å². The van der Waals surface area contributed by atoms with Gasteiger partial charge >= 0.3 is 0 Å². The van der Waals surface area contributed by atoms with E-state index in [0.717, 1.165) is 25.0 Å². The Morgan fingerprint density at radius 3 is 2.21 bits per heavy atom. The van der Waals surface area contributed by atoms with E-state index in [-0.39, 0.29) is 11.9 Å². The van der Waals surface area contributed by atoms with Gasteiger partial charge < -0.3 is 10.1 Å². The number of rotatable bonds is 7. The summed E-state index contributed by atoms with van der Waals surface area (Å²) in [6.07, 6.45) is 2.43. The van der Waals surface area contributed by atoms with Crippen molar-refractivity contribution in [2.75, 3.05) is 0 Å². The molecule has 0 saturated heterocycles. The highest BCUT2D eigenvalue weighted by Gasteiger charge is 2.17. The van der Waals surface area contributed by atoms with Gasteiger partial charge in [-0.2, -0.15) is 0 Å². The third-order valence-electron chi connectivity index (χ3n) is 3.35. The maximum atomic E-state index is 12.0. The first kappa shape index (κ1) is 15.5. The average molecular weight is 263 g/mol. The van der Waals surface area contributed by atoms with E-state index in [0.29, 0.717) is 0 Å². The van der Waals surface area contributed by atoms with Gasteiger partial charge in [0.1, 0.15) is 5.75 Å². The van der Waals surface area contributed by atoms with Crippen molar-refractivity contribution < 1.29 is 9.53 Å². The number of hydrogen-bond donors (Lipinski definition) is 1. The van der Waals surface area contributed by atoms with Crippen LogP contribution in [0.5, 0.6) is 5.75 Å². The quantitative estimate of drug-likeness (QED) is 0.819.